The molecule has 0 aliphatic rings. The molecule has 1 atom stereocenters. The Balaban J connectivity index is 3.18. The molecule has 0 aliphatic heterocycles. The molecule has 0 radical (unpaired) electrons. The highest BCUT2D eigenvalue weighted by molar-refractivity contribution is 5.99. The second-order valence-corrected chi connectivity index (χ2v) is 4.45. The van der Waals surface area contributed by atoms with Crippen LogP contribution in [0.15, 0.2) is 18.2 Å². The minimum absolute atomic E-state index is 0.0312. The van der Waals surface area contributed by atoms with E-state index in [9.17, 15) is 22.8 Å². The predicted molar refractivity (Wildman–Crippen MR) is 69.9 cm³/mol. The number of carboxylic acids is 1. The van der Waals surface area contributed by atoms with Crippen molar-refractivity contribution in [1.82, 2.24) is 0 Å². The van der Waals surface area contributed by atoms with Gasteiger partial charge in [-0.15, -0.1) is 0 Å². The number of hydrogen-bond donors (Lipinski definition) is 3. The highest BCUT2D eigenvalue weighted by Crippen LogP contribution is 2.32. The Morgan fingerprint density at radius 3 is 2.43 bits per heavy atom. The van der Waals surface area contributed by atoms with Crippen LogP contribution >= 0.6 is 0 Å². The van der Waals surface area contributed by atoms with E-state index < -0.39 is 35.2 Å². The van der Waals surface area contributed by atoms with Crippen molar-refractivity contribution in [2.45, 2.75) is 32.0 Å². The number of nitrogens with one attached hydrogen (secondary N) is 1. The van der Waals surface area contributed by atoms with E-state index in [1.165, 1.54) is 0 Å². The molecule has 1 rings (SSSR count). The number of carboxylic acid groups (broad SMARTS) is 1. The molecule has 1 aromatic rings. The van der Waals surface area contributed by atoms with E-state index in [0.717, 1.165) is 12.1 Å². The first-order chi connectivity index (χ1) is 9.66. The molecule has 4 N–H and O–H groups in total. The van der Waals surface area contributed by atoms with E-state index in [2.05, 4.69) is 5.32 Å². The van der Waals surface area contributed by atoms with Crippen molar-refractivity contribution >= 4 is 17.6 Å². The Morgan fingerprint density at radius 1 is 1.38 bits per heavy atom. The van der Waals surface area contributed by atoms with Crippen molar-refractivity contribution in [3.8, 4) is 0 Å². The molecule has 0 saturated carbocycles. The first-order valence-electron chi connectivity index (χ1n) is 6.17. The third kappa shape index (κ3) is 4.37. The fourth-order valence-corrected chi connectivity index (χ4v) is 1.78. The molecule has 0 aliphatic carbocycles. The van der Waals surface area contributed by atoms with Crippen molar-refractivity contribution in [2.24, 2.45) is 5.73 Å². The summed E-state index contributed by atoms with van der Waals surface area (Å²) >= 11 is 0. The first-order valence-corrected chi connectivity index (χ1v) is 6.17. The lowest BCUT2D eigenvalue weighted by atomic mass is 10.1. The Kier molecular flexibility index (Phi) is 5.17. The van der Waals surface area contributed by atoms with Crippen LogP contribution in [-0.4, -0.2) is 23.0 Å². The summed E-state index contributed by atoms with van der Waals surface area (Å²) < 4.78 is 37.8. The van der Waals surface area contributed by atoms with Gasteiger partial charge in [0.1, 0.15) is 6.04 Å². The Hall–Kier alpha value is -2.25. The lowest BCUT2D eigenvalue weighted by Crippen LogP contribution is -2.30. The molecule has 1 amide bonds. The van der Waals surface area contributed by atoms with Crippen molar-refractivity contribution in [3.05, 3.63) is 29.3 Å². The van der Waals surface area contributed by atoms with Crippen LogP contribution < -0.4 is 11.1 Å². The second kappa shape index (κ2) is 6.47. The summed E-state index contributed by atoms with van der Waals surface area (Å²) in [7, 11) is 0. The summed E-state index contributed by atoms with van der Waals surface area (Å²) in [5, 5.41) is 11.6. The van der Waals surface area contributed by atoms with Crippen LogP contribution in [0.5, 0.6) is 0 Å². The maximum Gasteiger partial charge on any atom is 0.416 e. The standard InChI is InChI=1S/C13H15F3N2O3/c1-2-3-10(12(20)21)18-9-5-4-7(13(14,15)16)6-8(9)11(17)19/h4-6,10,18H,2-3H2,1H3,(H2,17,19)(H,20,21). The largest absolute Gasteiger partial charge is 0.480 e. The molecule has 8 heteroatoms. The van der Waals surface area contributed by atoms with Gasteiger partial charge in [0.2, 0.25) is 0 Å². The number of alkyl halides is 3. The van der Waals surface area contributed by atoms with Gasteiger partial charge in [-0.25, -0.2) is 4.79 Å². The molecule has 0 aromatic heterocycles. The van der Waals surface area contributed by atoms with Gasteiger partial charge < -0.3 is 16.2 Å². The van der Waals surface area contributed by atoms with E-state index >= 15 is 0 Å². The molecular weight excluding hydrogens is 289 g/mol. The lowest BCUT2D eigenvalue weighted by molar-refractivity contribution is -0.138. The van der Waals surface area contributed by atoms with E-state index in [4.69, 9.17) is 10.8 Å². The summed E-state index contributed by atoms with van der Waals surface area (Å²) in [5.41, 5.74) is 3.61. The molecule has 116 valence electrons. The number of primary amides is 1. The molecule has 1 aromatic carbocycles. The number of aliphatic carboxylic acids is 1. The summed E-state index contributed by atoms with van der Waals surface area (Å²) in [6.45, 7) is 1.76. The van der Waals surface area contributed by atoms with E-state index in [1.807, 2.05) is 0 Å². The number of benzene rings is 1. The molecule has 0 heterocycles. The summed E-state index contributed by atoms with van der Waals surface area (Å²) in [4.78, 5) is 22.3. The van der Waals surface area contributed by atoms with Gasteiger partial charge in [-0.1, -0.05) is 13.3 Å². The Morgan fingerprint density at radius 2 is 2.00 bits per heavy atom. The highest BCUT2D eigenvalue weighted by Gasteiger charge is 2.32. The average Bonchev–Trinajstić information content (AvgIpc) is 2.36. The quantitative estimate of drug-likeness (QED) is 0.752. The third-order valence-corrected chi connectivity index (χ3v) is 2.82. The van der Waals surface area contributed by atoms with Gasteiger partial charge in [-0.05, 0) is 24.6 Å². The van der Waals surface area contributed by atoms with Gasteiger partial charge in [0.05, 0.1) is 11.1 Å². The van der Waals surface area contributed by atoms with Crippen LogP contribution in [0.3, 0.4) is 0 Å². The molecule has 21 heavy (non-hydrogen) atoms. The minimum atomic E-state index is -4.61. The monoisotopic (exact) mass is 304 g/mol. The van der Waals surface area contributed by atoms with E-state index in [1.54, 1.807) is 6.92 Å². The fourth-order valence-electron chi connectivity index (χ4n) is 1.78. The molecule has 5 nitrogen and oxygen atoms in total. The van der Waals surface area contributed by atoms with Gasteiger partial charge in [0.25, 0.3) is 5.91 Å². The Labute approximate surface area is 118 Å². The lowest BCUT2D eigenvalue weighted by Gasteiger charge is -2.18. The predicted octanol–water partition coefficient (Wildman–Crippen LogP) is 2.47. The van der Waals surface area contributed by atoms with Crippen LogP contribution in [0.2, 0.25) is 0 Å². The summed E-state index contributed by atoms with van der Waals surface area (Å²) in [5.74, 6) is -2.23. The normalized spacial score (nSPS) is 12.8. The SMILES string of the molecule is CCCC(Nc1ccc(C(F)(F)F)cc1C(N)=O)C(=O)O. The van der Waals surface area contributed by atoms with Gasteiger partial charge in [-0.3, -0.25) is 4.79 Å². The topological polar surface area (TPSA) is 92.4 Å². The molecular formula is C13H15F3N2O3. The first kappa shape index (κ1) is 16.8. The smallest absolute Gasteiger partial charge is 0.416 e. The molecule has 1 unspecified atom stereocenters. The number of anilines is 1. The van der Waals surface area contributed by atoms with Gasteiger partial charge in [-0.2, -0.15) is 13.2 Å². The summed E-state index contributed by atoms with van der Waals surface area (Å²) in [6, 6.07) is 1.37. The number of hydrogen-bond acceptors (Lipinski definition) is 3. The highest BCUT2D eigenvalue weighted by atomic mass is 19.4. The number of halogens is 3. The van der Waals surface area contributed by atoms with E-state index in [0.29, 0.717) is 12.5 Å². The maximum atomic E-state index is 12.6. The van der Waals surface area contributed by atoms with Crippen molar-refractivity contribution < 1.29 is 27.9 Å². The van der Waals surface area contributed by atoms with Crippen molar-refractivity contribution in [2.75, 3.05) is 5.32 Å². The number of rotatable bonds is 6. The second-order valence-electron chi connectivity index (χ2n) is 4.45. The zero-order valence-corrected chi connectivity index (χ0v) is 11.2. The zero-order chi connectivity index (χ0) is 16.2. The van der Waals surface area contributed by atoms with Gasteiger partial charge in [0.15, 0.2) is 0 Å². The fraction of sp³-hybridized carbons (Fsp3) is 0.385. The maximum absolute atomic E-state index is 12.6. The average molecular weight is 304 g/mol. The molecule has 0 saturated heterocycles. The number of carbonyl (C=O) groups excluding carboxylic acids is 1. The zero-order valence-electron chi connectivity index (χ0n) is 11.2. The number of amides is 1. The molecule has 0 spiro atoms. The number of nitrogens with two attached hydrogens (primary N) is 1. The number of carbonyl (C=O) groups is 2. The van der Waals surface area contributed by atoms with E-state index in [-0.39, 0.29) is 12.1 Å². The minimum Gasteiger partial charge on any atom is -0.480 e. The third-order valence-electron chi connectivity index (χ3n) is 2.82. The summed E-state index contributed by atoms with van der Waals surface area (Å²) in [6.07, 6.45) is -3.80. The van der Waals surface area contributed by atoms with Crippen LogP contribution in [0.25, 0.3) is 0 Å². The van der Waals surface area contributed by atoms with Crippen LogP contribution in [0, 0.1) is 0 Å². The van der Waals surface area contributed by atoms with Crippen LogP contribution in [0.4, 0.5) is 18.9 Å². The molecule has 0 fully saturated rings. The van der Waals surface area contributed by atoms with Crippen molar-refractivity contribution in [3.63, 3.8) is 0 Å². The van der Waals surface area contributed by atoms with Gasteiger partial charge in [0, 0.05) is 5.69 Å². The Bertz CT molecular complexity index is 544. The van der Waals surface area contributed by atoms with Gasteiger partial charge >= 0.3 is 12.1 Å². The van der Waals surface area contributed by atoms with Crippen molar-refractivity contribution in [1.29, 1.82) is 0 Å². The molecule has 0 bridgehead atoms. The van der Waals surface area contributed by atoms with Crippen LogP contribution in [-0.2, 0) is 11.0 Å². The van der Waals surface area contributed by atoms with Crippen LogP contribution in [0.1, 0.15) is 35.7 Å².